The quantitative estimate of drug-likeness (QED) is 0.410. The first-order chi connectivity index (χ1) is 12.9. The van der Waals surface area contributed by atoms with Crippen LogP contribution in [0.25, 0.3) is 10.9 Å². The summed E-state index contributed by atoms with van der Waals surface area (Å²) in [7, 11) is 0. The maximum absolute atomic E-state index is 12.2. The van der Waals surface area contributed by atoms with Crippen LogP contribution in [0.15, 0.2) is 48.7 Å². The molecule has 0 radical (unpaired) electrons. The zero-order chi connectivity index (χ0) is 19.4. The number of aromatic hydroxyl groups is 2. The molecule has 1 heterocycles. The molecule has 0 aliphatic rings. The molecule has 0 unspecified atom stereocenters. The molecule has 1 aromatic heterocycles. The Morgan fingerprint density at radius 1 is 1.07 bits per heavy atom. The van der Waals surface area contributed by atoms with E-state index in [-0.39, 0.29) is 24.3 Å². The minimum atomic E-state index is -1.10. The maximum Gasteiger partial charge on any atom is 0.326 e. The maximum atomic E-state index is 12.2. The number of amides is 1. The molecular weight excluding hydrogens is 348 g/mol. The van der Waals surface area contributed by atoms with E-state index in [1.54, 1.807) is 12.3 Å². The fourth-order valence-corrected chi connectivity index (χ4v) is 2.97. The molecule has 0 fully saturated rings. The zero-order valence-electron chi connectivity index (χ0n) is 14.5. The van der Waals surface area contributed by atoms with Gasteiger partial charge < -0.3 is 25.6 Å². The number of rotatable bonds is 7. The molecule has 2 aromatic carbocycles. The van der Waals surface area contributed by atoms with E-state index < -0.39 is 17.9 Å². The van der Waals surface area contributed by atoms with Crippen molar-refractivity contribution in [3.63, 3.8) is 0 Å². The smallest absolute Gasteiger partial charge is 0.326 e. The average Bonchev–Trinajstić information content (AvgIpc) is 3.05. The van der Waals surface area contributed by atoms with Crippen LogP contribution in [-0.4, -0.2) is 38.2 Å². The predicted molar refractivity (Wildman–Crippen MR) is 99.7 cm³/mol. The normalized spacial score (nSPS) is 12.0. The molecule has 3 aromatic rings. The standard InChI is InChI=1S/C20H20N2O5/c23-17-7-5-12(9-18(17)24)6-8-19(25)22-16(20(26)27)10-13-11-21-15-4-2-1-3-14(13)15/h1-5,7,9,11,16,21,23-24H,6,8,10H2,(H,22,25)(H,26,27)/t16-/m0/s1. The number of aryl methyl sites for hydroxylation is 1. The Balaban J connectivity index is 1.62. The molecule has 140 valence electrons. The molecule has 0 saturated carbocycles. The minimum absolute atomic E-state index is 0.0713. The van der Waals surface area contributed by atoms with Gasteiger partial charge in [0.15, 0.2) is 11.5 Å². The molecule has 27 heavy (non-hydrogen) atoms. The van der Waals surface area contributed by atoms with Crippen molar-refractivity contribution in [3.8, 4) is 11.5 Å². The molecule has 5 N–H and O–H groups in total. The lowest BCUT2D eigenvalue weighted by atomic mass is 10.0. The lowest BCUT2D eigenvalue weighted by Crippen LogP contribution is -2.42. The molecule has 3 rings (SSSR count). The Kier molecular flexibility index (Phi) is 5.30. The molecular formula is C20H20N2O5. The molecule has 7 heteroatoms. The molecule has 1 atom stereocenters. The second-order valence-corrected chi connectivity index (χ2v) is 6.35. The molecule has 0 spiro atoms. The lowest BCUT2D eigenvalue weighted by molar-refractivity contribution is -0.141. The SMILES string of the molecule is O=C(CCc1ccc(O)c(O)c1)N[C@@H](Cc1c[nH]c2ccccc12)C(=O)O. The van der Waals surface area contributed by atoms with Crippen LogP contribution in [0.4, 0.5) is 0 Å². The summed E-state index contributed by atoms with van der Waals surface area (Å²) in [5.74, 6) is -1.98. The highest BCUT2D eigenvalue weighted by Crippen LogP contribution is 2.25. The summed E-state index contributed by atoms with van der Waals surface area (Å²) >= 11 is 0. The van der Waals surface area contributed by atoms with Crippen molar-refractivity contribution < 1.29 is 24.9 Å². The molecule has 1 amide bonds. The van der Waals surface area contributed by atoms with Crippen molar-refractivity contribution in [1.29, 1.82) is 0 Å². The highest BCUT2D eigenvalue weighted by Gasteiger charge is 2.21. The van der Waals surface area contributed by atoms with Crippen LogP contribution in [0.2, 0.25) is 0 Å². The third-order valence-corrected chi connectivity index (χ3v) is 4.41. The van der Waals surface area contributed by atoms with Gasteiger partial charge in [-0.2, -0.15) is 0 Å². The summed E-state index contributed by atoms with van der Waals surface area (Å²) in [6.45, 7) is 0. The van der Waals surface area contributed by atoms with Gasteiger partial charge in [-0.3, -0.25) is 4.79 Å². The number of H-pyrrole nitrogens is 1. The van der Waals surface area contributed by atoms with Crippen LogP contribution in [0.1, 0.15) is 17.5 Å². The first-order valence-corrected chi connectivity index (χ1v) is 8.52. The van der Waals surface area contributed by atoms with Crippen LogP contribution in [0.5, 0.6) is 11.5 Å². The largest absolute Gasteiger partial charge is 0.504 e. The highest BCUT2D eigenvalue weighted by molar-refractivity contribution is 5.86. The molecule has 0 aliphatic carbocycles. The van der Waals surface area contributed by atoms with Crippen LogP contribution in [-0.2, 0) is 22.4 Å². The summed E-state index contributed by atoms with van der Waals surface area (Å²) in [4.78, 5) is 26.8. The predicted octanol–water partition coefficient (Wildman–Crippen LogP) is 2.32. The number of carboxylic acids is 1. The Morgan fingerprint density at radius 2 is 1.85 bits per heavy atom. The van der Waals surface area contributed by atoms with E-state index >= 15 is 0 Å². The molecule has 7 nitrogen and oxygen atoms in total. The van der Waals surface area contributed by atoms with Crippen molar-refractivity contribution in [1.82, 2.24) is 10.3 Å². The van der Waals surface area contributed by atoms with Gasteiger partial charge in [0.05, 0.1) is 0 Å². The number of hydrogen-bond donors (Lipinski definition) is 5. The van der Waals surface area contributed by atoms with Crippen molar-refractivity contribution >= 4 is 22.8 Å². The third-order valence-electron chi connectivity index (χ3n) is 4.41. The topological polar surface area (TPSA) is 123 Å². The van der Waals surface area contributed by atoms with Crippen molar-refractivity contribution in [2.75, 3.05) is 0 Å². The number of phenolic OH excluding ortho intramolecular Hbond substituents is 2. The van der Waals surface area contributed by atoms with E-state index in [1.807, 2.05) is 24.3 Å². The summed E-state index contributed by atoms with van der Waals surface area (Å²) < 4.78 is 0. The first kappa shape index (κ1) is 18.3. The highest BCUT2D eigenvalue weighted by atomic mass is 16.4. The van der Waals surface area contributed by atoms with E-state index in [0.29, 0.717) is 12.0 Å². The van der Waals surface area contributed by atoms with Crippen molar-refractivity contribution in [3.05, 3.63) is 59.8 Å². The number of carbonyl (C=O) groups excluding carboxylic acids is 1. The van der Waals surface area contributed by atoms with Gasteiger partial charge in [0, 0.05) is 29.9 Å². The summed E-state index contributed by atoms with van der Waals surface area (Å²) in [5.41, 5.74) is 2.40. The van der Waals surface area contributed by atoms with Gasteiger partial charge >= 0.3 is 5.97 Å². The summed E-state index contributed by atoms with van der Waals surface area (Å²) in [6, 6.07) is 10.9. The number of benzene rings is 2. The fourth-order valence-electron chi connectivity index (χ4n) is 2.97. The average molecular weight is 368 g/mol. The Bertz CT molecular complexity index is 979. The van der Waals surface area contributed by atoms with Gasteiger partial charge in [-0.1, -0.05) is 24.3 Å². The second kappa shape index (κ2) is 7.82. The number of fused-ring (bicyclic) bond motifs is 1. The van der Waals surface area contributed by atoms with E-state index in [4.69, 9.17) is 0 Å². The van der Waals surface area contributed by atoms with Crippen molar-refractivity contribution in [2.45, 2.75) is 25.3 Å². The monoisotopic (exact) mass is 368 g/mol. The van der Waals surface area contributed by atoms with Gasteiger partial charge in [-0.15, -0.1) is 0 Å². The van der Waals surface area contributed by atoms with Gasteiger partial charge in [-0.05, 0) is 35.7 Å². The summed E-state index contributed by atoms with van der Waals surface area (Å²) in [6.07, 6.45) is 2.32. The summed E-state index contributed by atoms with van der Waals surface area (Å²) in [5, 5.41) is 31.7. The number of aliphatic carboxylic acids is 1. The van der Waals surface area contributed by atoms with E-state index in [0.717, 1.165) is 16.5 Å². The third kappa shape index (κ3) is 4.38. The van der Waals surface area contributed by atoms with Gasteiger partial charge in [-0.25, -0.2) is 4.79 Å². The van der Waals surface area contributed by atoms with Gasteiger partial charge in [0.25, 0.3) is 0 Å². The number of aromatic amines is 1. The number of nitrogens with one attached hydrogen (secondary N) is 2. The Morgan fingerprint density at radius 3 is 2.59 bits per heavy atom. The fraction of sp³-hybridized carbons (Fsp3) is 0.200. The first-order valence-electron chi connectivity index (χ1n) is 8.52. The molecule has 0 saturated heterocycles. The second-order valence-electron chi connectivity index (χ2n) is 6.35. The van der Waals surface area contributed by atoms with Gasteiger partial charge in [0.2, 0.25) is 5.91 Å². The Hall–Kier alpha value is -3.48. The van der Waals surface area contributed by atoms with Crippen LogP contribution in [0, 0.1) is 0 Å². The van der Waals surface area contributed by atoms with Crippen LogP contribution in [0.3, 0.4) is 0 Å². The van der Waals surface area contributed by atoms with Gasteiger partial charge in [0.1, 0.15) is 6.04 Å². The number of aromatic nitrogens is 1. The minimum Gasteiger partial charge on any atom is -0.504 e. The number of phenols is 2. The molecule has 0 bridgehead atoms. The van der Waals surface area contributed by atoms with Crippen LogP contribution >= 0.6 is 0 Å². The lowest BCUT2D eigenvalue weighted by Gasteiger charge is -2.14. The zero-order valence-corrected chi connectivity index (χ0v) is 14.5. The van der Waals surface area contributed by atoms with E-state index in [2.05, 4.69) is 10.3 Å². The number of carbonyl (C=O) groups is 2. The molecule has 0 aliphatic heterocycles. The van der Waals surface area contributed by atoms with Crippen molar-refractivity contribution in [2.24, 2.45) is 0 Å². The van der Waals surface area contributed by atoms with E-state index in [1.165, 1.54) is 12.1 Å². The van der Waals surface area contributed by atoms with Crippen LogP contribution < -0.4 is 5.32 Å². The number of para-hydroxylation sites is 1. The van der Waals surface area contributed by atoms with E-state index in [9.17, 15) is 24.9 Å². The Labute approximate surface area is 155 Å². The number of hydrogen-bond acceptors (Lipinski definition) is 4. The number of carboxylic acid groups (broad SMARTS) is 1.